The van der Waals surface area contributed by atoms with E-state index in [9.17, 15) is 9.59 Å². The molecule has 0 radical (unpaired) electrons. The van der Waals surface area contributed by atoms with Crippen molar-refractivity contribution in [3.05, 3.63) is 23.1 Å². The fourth-order valence-electron chi connectivity index (χ4n) is 1.97. The molecule has 1 heterocycles. The molecule has 6 heteroatoms. The molecule has 2 aromatic rings. The molecule has 0 saturated carbocycles. The predicted molar refractivity (Wildman–Crippen MR) is 80.7 cm³/mol. The summed E-state index contributed by atoms with van der Waals surface area (Å²) in [5.41, 5.74) is 0. The molecule has 0 aliphatic rings. The number of fused-ring (bicyclic) bond motifs is 1. The Bertz CT molecular complexity index is 648. The normalized spacial score (nSPS) is 12.1. The Morgan fingerprint density at radius 1 is 1.19 bits per heavy atom. The summed E-state index contributed by atoms with van der Waals surface area (Å²) >= 11 is 1.33. The van der Waals surface area contributed by atoms with Crippen molar-refractivity contribution in [2.75, 3.05) is 14.2 Å². The monoisotopic (exact) mass is 308 g/mol. The van der Waals surface area contributed by atoms with Gasteiger partial charge in [0.05, 0.1) is 25.0 Å². The van der Waals surface area contributed by atoms with Crippen LogP contribution < -0.4 is 9.47 Å². The Hall–Kier alpha value is -2.08. The largest absolute Gasteiger partial charge is 0.493 e. The molecule has 1 atom stereocenters. The van der Waals surface area contributed by atoms with Gasteiger partial charge in [0.2, 0.25) is 0 Å². The van der Waals surface area contributed by atoms with Crippen LogP contribution in [0, 0.1) is 5.92 Å². The topological polar surface area (TPSA) is 72.8 Å². The molecule has 21 heavy (non-hydrogen) atoms. The van der Waals surface area contributed by atoms with Crippen molar-refractivity contribution in [3.63, 3.8) is 0 Å². The number of hydrogen-bond donors (Lipinski definition) is 1. The van der Waals surface area contributed by atoms with Crippen molar-refractivity contribution >= 4 is 33.2 Å². The number of carboxylic acids is 1. The molecule has 0 bridgehead atoms. The third kappa shape index (κ3) is 3.16. The number of Topliss-reactive ketones (excluding diaryl/α,β-unsaturated/α-hetero) is 1. The summed E-state index contributed by atoms with van der Waals surface area (Å²) < 4.78 is 11.4. The summed E-state index contributed by atoms with van der Waals surface area (Å²) in [6.07, 6.45) is -0.00355. The van der Waals surface area contributed by atoms with Crippen molar-refractivity contribution in [2.24, 2.45) is 5.92 Å². The highest BCUT2D eigenvalue weighted by molar-refractivity contribution is 7.20. The maximum atomic E-state index is 12.1. The zero-order valence-corrected chi connectivity index (χ0v) is 12.8. The second-order valence-electron chi connectivity index (χ2n) is 4.72. The van der Waals surface area contributed by atoms with Gasteiger partial charge in [0.1, 0.15) is 0 Å². The zero-order valence-electron chi connectivity index (χ0n) is 12.0. The van der Waals surface area contributed by atoms with Crippen LogP contribution >= 0.6 is 11.3 Å². The molecule has 1 aromatic heterocycles. The molecule has 0 fully saturated rings. The van der Waals surface area contributed by atoms with E-state index >= 15 is 0 Å². The van der Waals surface area contributed by atoms with Crippen molar-refractivity contribution in [3.8, 4) is 11.5 Å². The third-order valence-electron chi connectivity index (χ3n) is 3.21. The van der Waals surface area contributed by atoms with E-state index in [0.29, 0.717) is 16.4 Å². The maximum Gasteiger partial charge on any atom is 0.306 e. The lowest BCUT2D eigenvalue weighted by molar-refractivity contribution is -0.141. The molecule has 0 aliphatic carbocycles. The van der Waals surface area contributed by atoms with E-state index in [-0.39, 0.29) is 12.2 Å². The van der Waals surface area contributed by atoms with Crippen molar-refractivity contribution < 1.29 is 24.2 Å². The highest BCUT2D eigenvalue weighted by Gasteiger charge is 2.19. The lowest BCUT2D eigenvalue weighted by Gasteiger charge is -2.06. The van der Waals surface area contributed by atoms with Crippen molar-refractivity contribution in [1.29, 1.82) is 0 Å². The van der Waals surface area contributed by atoms with E-state index in [4.69, 9.17) is 14.6 Å². The third-order valence-corrected chi connectivity index (χ3v) is 4.35. The summed E-state index contributed by atoms with van der Waals surface area (Å²) in [5, 5.41) is 9.75. The molecule has 0 saturated heterocycles. The van der Waals surface area contributed by atoms with Crippen LogP contribution in [0.4, 0.5) is 0 Å². The molecule has 0 unspecified atom stereocenters. The Morgan fingerprint density at radius 3 is 2.38 bits per heavy atom. The first kappa shape index (κ1) is 15.3. The Labute approximate surface area is 126 Å². The molecule has 0 amide bonds. The van der Waals surface area contributed by atoms with Crippen LogP contribution in [0.3, 0.4) is 0 Å². The Morgan fingerprint density at radius 2 is 1.81 bits per heavy atom. The van der Waals surface area contributed by atoms with Gasteiger partial charge in [-0.1, -0.05) is 6.92 Å². The van der Waals surface area contributed by atoms with E-state index in [2.05, 4.69) is 0 Å². The minimum Gasteiger partial charge on any atom is -0.493 e. The maximum absolute atomic E-state index is 12.1. The summed E-state index contributed by atoms with van der Waals surface area (Å²) in [6, 6.07) is 5.39. The first-order valence-electron chi connectivity index (χ1n) is 6.37. The first-order chi connectivity index (χ1) is 9.96. The Kier molecular flexibility index (Phi) is 4.47. The molecule has 0 aliphatic heterocycles. The number of carboxylic acid groups (broad SMARTS) is 1. The van der Waals surface area contributed by atoms with Gasteiger partial charge < -0.3 is 14.6 Å². The average molecular weight is 308 g/mol. The lowest BCUT2D eigenvalue weighted by atomic mass is 10.0. The standard InChI is InChI=1S/C15H16O5S/c1-8(15(17)18)4-10(16)14-6-9-5-11(19-2)12(20-3)7-13(9)21-14/h5-8H,4H2,1-3H3,(H,17,18)/t8-/m1/s1. The SMILES string of the molecule is COc1cc2cc(C(=O)C[C@@H](C)C(=O)O)sc2cc1OC. The summed E-state index contributed by atoms with van der Waals surface area (Å²) in [6.45, 7) is 1.53. The number of hydrogen-bond acceptors (Lipinski definition) is 5. The summed E-state index contributed by atoms with van der Waals surface area (Å²) in [5.74, 6) is -0.617. The van der Waals surface area contributed by atoms with Crippen molar-refractivity contribution in [2.45, 2.75) is 13.3 Å². The zero-order chi connectivity index (χ0) is 15.6. The van der Waals surface area contributed by atoms with Gasteiger partial charge in [0, 0.05) is 17.2 Å². The Balaban J connectivity index is 2.34. The molecule has 5 nitrogen and oxygen atoms in total. The first-order valence-corrected chi connectivity index (χ1v) is 7.19. The van der Waals surface area contributed by atoms with Gasteiger partial charge in [-0.15, -0.1) is 11.3 Å². The van der Waals surface area contributed by atoms with Gasteiger partial charge in [-0.25, -0.2) is 0 Å². The van der Waals surface area contributed by atoms with Gasteiger partial charge >= 0.3 is 5.97 Å². The predicted octanol–water partition coefficient (Wildman–Crippen LogP) is 3.21. The second kappa shape index (κ2) is 6.13. The highest BCUT2D eigenvalue weighted by atomic mass is 32.1. The number of carbonyl (C=O) groups is 2. The van der Waals surface area contributed by atoms with Crippen LogP contribution in [0.15, 0.2) is 18.2 Å². The van der Waals surface area contributed by atoms with E-state index in [1.165, 1.54) is 18.3 Å². The number of aliphatic carboxylic acids is 1. The quantitative estimate of drug-likeness (QED) is 0.830. The van der Waals surface area contributed by atoms with Gasteiger partial charge in [0.15, 0.2) is 17.3 Å². The number of ether oxygens (including phenoxy) is 2. The highest BCUT2D eigenvalue weighted by Crippen LogP contribution is 2.36. The number of benzene rings is 1. The average Bonchev–Trinajstić information content (AvgIpc) is 2.88. The van der Waals surface area contributed by atoms with E-state index in [1.54, 1.807) is 20.3 Å². The smallest absolute Gasteiger partial charge is 0.306 e. The van der Waals surface area contributed by atoms with Crippen LogP contribution in [0.2, 0.25) is 0 Å². The van der Waals surface area contributed by atoms with Crippen LogP contribution in [-0.2, 0) is 4.79 Å². The molecular weight excluding hydrogens is 292 g/mol. The van der Waals surface area contributed by atoms with Gasteiger partial charge in [-0.05, 0) is 17.5 Å². The van der Waals surface area contributed by atoms with Crippen LogP contribution in [0.1, 0.15) is 23.0 Å². The van der Waals surface area contributed by atoms with Crippen LogP contribution in [0.25, 0.3) is 10.1 Å². The number of carbonyl (C=O) groups excluding carboxylic acids is 1. The number of ketones is 1. The fourth-order valence-corrected chi connectivity index (χ4v) is 2.99. The van der Waals surface area contributed by atoms with Crippen LogP contribution in [0.5, 0.6) is 11.5 Å². The summed E-state index contributed by atoms with van der Waals surface area (Å²) in [7, 11) is 3.11. The van der Waals surface area contributed by atoms with Gasteiger partial charge in [0.25, 0.3) is 0 Å². The number of methoxy groups -OCH3 is 2. The molecule has 112 valence electrons. The fraction of sp³-hybridized carbons (Fsp3) is 0.333. The van der Waals surface area contributed by atoms with E-state index in [1.807, 2.05) is 12.1 Å². The second-order valence-corrected chi connectivity index (χ2v) is 5.81. The van der Waals surface area contributed by atoms with E-state index in [0.717, 1.165) is 10.1 Å². The molecular formula is C15H16O5S. The van der Waals surface area contributed by atoms with E-state index < -0.39 is 11.9 Å². The molecule has 2 rings (SSSR count). The van der Waals surface area contributed by atoms with Gasteiger partial charge in [-0.3, -0.25) is 9.59 Å². The lowest BCUT2D eigenvalue weighted by Crippen LogP contribution is -2.13. The molecule has 0 spiro atoms. The minimum absolute atomic E-state index is 0.00355. The minimum atomic E-state index is -0.965. The summed E-state index contributed by atoms with van der Waals surface area (Å²) in [4.78, 5) is 23.5. The van der Waals surface area contributed by atoms with Crippen molar-refractivity contribution in [1.82, 2.24) is 0 Å². The van der Waals surface area contributed by atoms with Gasteiger partial charge in [-0.2, -0.15) is 0 Å². The molecule has 1 aromatic carbocycles. The number of rotatable bonds is 6. The molecule has 1 N–H and O–H groups in total. The number of thiophene rings is 1. The van der Waals surface area contributed by atoms with Crippen LogP contribution in [-0.4, -0.2) is 31.1 Å².